The molecule has 1 aliphatic carbocycles. The van der Waals surface area contributed by atoms with E-state index in [2.05, 4.69) is 4.98 Å². The molecule has 1 aliphatic rings. The minimum atomic E-state index is 0.345. The fourth-order valence-corrected chi connectivity index (χ4v) is 2.97. The largest absolute Gasteiger partial charge is 0.300 e. The van der Waals surface area contributed by atoms with Crippen LogP contribution in [0.4, 0.5) is 0 Å². The van der Waals surface area contributed by atoms with E-state index >= 15 is 0 Å². The number of ketones is 1. The number of Topliss-reactive ketones (excluding diaryl/α,β-unsaturated/α-hetero) is 1. The van der Waals surface area contributed by atoms with E-state index in [1.165, 1.54) is 0 Å². The quantitative estimate of drug-likeness (QED) is 0.761. The first-order valence-corrected chi connectivity index (χ1v) is 5.99. The van der Waals surface area contributed by atoms with E-state index in [-0.39, 0.29) is 0 Å². The first kappa shape index (κ1) is 9.31. The summed E-state index contributed by atoms with van der Waals surface area (Å²) in [6, 6.07) is 5.73. The zero-order chi connectivity index (χ0) is 10.4. The monoisotopic (exact) mass is 237 g/mol. The minimum Gasteiger partial charge on any atom is -0.300 e. The Morgan fingerprint density at radius 2 is 2.20 bits per heavy atom. The summed E-state index contributed by atoms with van der Waals surface area (Å²) < 4.78 is 1.15. The van der Waals surface area contributed by atoms with Crippen LogP contribution in [0.3, 0.4) is 0 Å². The predicted molar refractivity (Wildman–Crippen MR) is 61.6 cm³/mol. The molecule has 1 aromatic carbocycles. The Balaban J connectivity index is 2.03. The van der Waals surface area contributed by atoms with Crippen LogP contribution in [0.1, 0.15) is 23.8 Å². The minimum absolute atomic E-state index is 0.345. The maximum Gasteiger partial charge on any atom is 0.134 e. The molecule has 76 valence electrons. The van der Waals surface area contributed by atoms with Crippen LogP contribution in [-0.4, -0.2) is 10.8 Å². The molecule has 3 rings (SSSR count). The molecule has 0 unspecified atom stereocenters. The Labute approximate surface area is 95.9 Å². The number of thiazole rings is 1. The van der Waals surface area contributed by atoms with Crippen molar-refractivity contribution in [3.63, 3.8) is 0 Å². The molecule has 0 amide bonds. The van der Waals surface area contributed by atoms with Gasteiger partial charge in [-0.3, -0.25) is 4.79 Å². The van der Waals surface area contributed by atoms with E-state index in [0.29, 0.717) is 29.6 Å². The van der Waals surface area contributed by atoms with Crippen LogP contribution in [0.5, 0.6) is 0 Å². The van der Waals surface area contributed by atoms with Gasteiger partial charge in [0, 0.05) is 23.8 Å². The molecule has 1 fully saturated rings. The zero-order valence-electron chi connectivity index (χ0n) is 7.87. The molecule has 0 spiro atoms. The molecule has 0 atom stereocenters. The van der Waals surface area contributed by atoms with Gasteiger partial charge in [-0.25, -0.2) is 4.98 Å². The first-order chi connectivity index (χ1) is 7.22. The van der Waals surface area contributed by atoms with Crippen molar-refractivity contribution in [3.8, 4) is 0 Å². The second kappa shape index (κ2) is 3.29. The van der Waals surface area contributed by atoms with Gasteiger partial charge in [-0.15, -0.1) is 11.3 Å². The number of rotatable bonds is 1. The Bertz CT molecular complexity index is 541. The molecule has 1 saturated carbocycles. The van der Waals surface area contributed by atoms with Crippen molar-refractivity contribution < 1.29 is 4.79 Å². The molecule has 1 aromatic heterocycles. The third-order valence-electron chi connectivity index (χ3n) is 2.66. The van der Waals surface area contributed by atoms with Crippen molar-refractivity contribution in [2.45, 2.75) is 18.8 Å². The molecular formula is C11H8ClNOS. The third kappa shape index (κ3) is 1.56. The molecule has 0 saturated heterocycles. The van der Waals surface area contributed by atoms with Crippen LogP contribution >= 0.6 is 22.9 Å². The molecular weight excluding hydrogens is 230 g/mol. The average molecular weight is 238 g/mol. The van der Waals surface area contributed by atoms with Gasteiger partial charge in [0.1, 0.15) is 5.78 Å². The smallest absolute Gasteiger partial charge is 0.134 e. The maximum absolute atomic E-state index is 10.9. The predicted octanol–water partition coefficient (Wildman–Crippen LogP) is 3.40. The molecule has 0 radical (unpaired) electrons. The van der Waals surface area contributed by atoms with Crippen molar-refractivity contribution in [1.29, 1.82) is 0 Å². The number of carbonyl (C=O) groups is 1. The maximum atomic E-state index is 10.9. The van der Waals surface area contributed by atoms with Crippen molar-refractivity contribution in [2.75, 3.05) is 0 Å². The third-order valence-corrected chi connectivity index (χ3v) is 4.10. The number of halogens is 1. The lowest BCUT2D eigenvalue weighted by Gasteiger charge is -2.20. The lowest BCUT2D eigenvalue weighted by atomic mass is 9.85. The van der Waals surface area contributed by atoms with Gasteiger partial charge in [0.15, 0.2) is 0 Å². The highest BCUT2D eigenvalue weighted by Gasteiger charge is 2.30. The fraction of sp³-hybridized carbons (Fsp3) is 0.273. The summed E-state index contributed by atoms with van der Waals surface area (Å²) in [6.45, 7) is 0. The van der Waals surface area contributed by atoms with Crippen LogP contribution < -0.4 is 0 Å². The van der Waals surface area contributed by atoms with E-state index in [0.717, 1.165) is 15.2 Å². The molecule has 2 aromatic rings. The Morgan fingerprint density at radius 1 is 1.40 bits per heavy atom. The zero-order valence-corrected chi connectivity index (χ0v) is 9.44. The number of hydrogen-bond donors (Lipinski definition) is 0. The van der Waals surface area contributed by atoms with E-state index in [1.54, 1.807) is 11.3 Å². The molecule has 0 N–H and O–H groups in total. The van der Waals surface area contributed by atoms with Crippen molar-refractivity contribution in [1.82, 2.24) is 4.98 Å². The van der Waals surface area contributed by atoms with Gasteiger partial charge in [0.25, 0.3) is 0 Å². The van der Waals surface area contributed by atoms with Gasteiger partial charge in [0.2, 0.25) is 0 Å². The molecule has 0 bridgehead atoms. The molecule has 1 heterocycles. The van der Waals surface area contributed by atoms with Crippen LogP contribution in [0.2, 0.25) is 5.02 Å². The lowest BCUT2D eigenvalue weighted by Crippen LogP contribution is -2.20. The Hall–Kier alpha value is -0.930. The number of nitrogens with zero attached hydrogens (tertiary/aromatic N) is 1. The Morgan fingerprint density at radius 3 is 2.93 bits per heavy atom. The van der Waals surface area contributed by atoms with Crippen molar-refractivity contribution >= 4 is 38.9 Å². The second-order valence-corrected chi connectivity index (χ2v) is 5.31. The van der Waals surface area contributed by atoms with Crippen LogP contribution in [0.15, 0.2) is 18.2 Å². The SMILES string of the molecule is O=C1CC(c2nc3cc(Cl)ccc3s2)C1. The number of benzene rings is 1. The van der Waals surface area contributed by atoms with Gasteiger partial charge < -0.3 is 0 Å². The second-order valence-electron chi connectivity index (χ2n) is 3.81. The van der Waals surface area contributed by atoms with Gasteiger partial charge in [-0.05, 0) is 18.2 Å². The standard InChI is InChI=1S/C11H8ClNOS/c12-7-1-2-10-9(5-7)13-11(15-10)6-3-8(14)4-6/h1-2,5-6H,3-4H2. The fourth-order valence-electron chi connectivity index (χ4n) is 1.76. The molecule has 2 nitrogen and oxygen atoms in total. The van der Waals surface area contributed by atoms with Crippen LogP contribution in [-0.2, 0) is 4.79 Å². The van der Waals surface area contributed by atoms with E-state index in [1.807, 2.05) is 18.2 Å². The highest BCUT2D eigenvalue weighted by atomic mass is 35.5. The summed E-state index contributed by atoms with van der Waals surface area (Å²) in [4.78, 5) is 15.4. The van der Waals surface area contributed by atoms with E-state index in [9.17, 15) is 4.79 Å². The summed E-state index contributed by atoms with van der Waals surface area (Å²) in [5.74, 6) is 0.700. The molecule has 4 heteroatoms. The summed E-state index contributed by atoms with van der Waals surface area (Å²) in [7, 11) is 0. The summed E-state index contributed by atoms with van der Waals surface area (Å²) >= 11 is 7.56. The molecule has 15 heavy (non-hydrogen) atoms. The van der Waals surface area contributed by atoms with E-state index < -0.39 is 0 Å². The van der Waals surface area contributed by atoms with Crippen LogP contribution in [0.25, 0.3) is 10.2 Å². The number of carbonyl (C=O) groups excluding carboxylic acids is 1. The van der Waals surface area contributed by atoms with E-state index in [4.69, 9.17) is 11.6 Å². The van der Waals surface area contributed by atoms with Crippen molar-refractivity contribution in [2.24, 2.45) is 0 Å². The number of fused-ring (bicyclic) bond motifs is 1. The van der Waals surface area contributed by atoms with Crippen molar-refractivity contribution in [3.05, 3.63) is 28.2 Å². The van der Waals surface area contributed by atoms with Gasteiger partial charge in [-0.2, -0.15) is 0 Å². The Kier molecular flexibility index (Phi) is 2.04. The normalized spacial score (nSPS) is 17.0. The first-order valence-electron chi connectivity index (χ1n) is 4.80. The lowest BCUT2D eigenvalue weighted by molar-refractivity contribution is -0.124. The van der Waals surface area contributed by atoms with Crippen LogP contribution in [0, 0.1) is 0 Å². The van der Waals surface area contributed by atoms with Gasteiger partial charge in [-0.1, -0.05) is 11.6 Å². The highest BCUT2D eigenvalue weighted by molar-refractivity contribution is 7.18. The molecule has 0 aliphatic heterocycles. The summed E-state index contributed by atoms with van der Waals surface area (Å²) in [6.07, 6.45) is 1.32. The van der Waals surface area contributed by atoms with Gasteiger partial charge in [0.05, 0.1) is 15.2 Å². The topological polar surface area (TPSA) is 30.0 Å². The number of hydrogen-bond acceptors (Lipinski definition) is 3. The summed E-state index contributed by atoms with van der Waals surface area (Å²) in [5.41, 5.74) is 0.946. The highest BCUT2D eigenvalue weighted by Crippen LogP contribution is 2.38. The number of aromatic nitrogens is 1. The summed E-state index contributed by atoms with van der Waals surface area (Å²) in [5, 5.41) is 1.79. The average Bonchev–Trinajstić information content (AvgIpc) is 2.55. The van der Waals surface area contributed by atoms with Gasteiger partial charge >= 0.3 is 0 Å².